The summed E-state index contributed by atoms with van der Waals surface area (Å²) in [4.78, 5) is 2.36. The highest BCUT2D eigenvalue weighted by Crippen LogP contribution is 2.45. The number of rotatable bonds is 24. The van der Waals surface area contributed by atoms with E-state index in [1.807, 2.05) is 0 Å². The molecule has 0 aliphatic carbocycles. The van der Waals surface area contributed by atoms with Crippen molar-refractivity contribution >= 4 is 28.4 Å². The van der Waals surface area contributed by atoms with Crippen LogP contribution < -0.4 is 10.2 Å². The summed E-state index contributed by atoms with van der Waals surface area (Å²) in [6.45, 7) is 0. The van der Waals surface area contributed by atoms with Gasteiger partial charge in [-0.15, -0.1) is 0 Å². The third kappa shape index (κ3) is 20.8. The Bertz CT molecular complexity index is 8200. The molecule has 688 valence electrons. The van der Waals surface area contributed by atoms with Gasteiger partial charge in [-0.1, -0.05) is 497 Å². The third-order valence-electron chi connectivity index (χ3n) is 27.8. The summed E-state index contributed by atoms with van der Waals surface area (Å²) in [7, 11) is 0. The second-order valence-electron chi connectivity index (χ2n) is 37.2. The fourth-order valence-corrected chi connectivity index (χ4v) is 19.9. The number of nitrogens with zero attached hydrogens (tertiary/aromatic N) is 1. The first-order chi connectivity index (χ1) is 72.3. The van der Waals surface area contributed by atoms with Gasteiger partial charge in [0.2, 0.25) is 0 Å². The SMILES string of the molecule is c1ccc(-c2ccc(-c3cccc(-c4ccc(N(c5ccc(-c6cccc(-c7ccc(-c8ccccc8)cc7)c6)cc5)c5ccc(-c6cccc(-c7ccc(-c8ccccc8)cc7)c6)cc5)cc4)c3)cc2)cc1.c1ccc(-c2cccc(-c3cccc(-c4ccc(Nc5ccc(-c6cccc(-c7cccc(-c8ccccc8)c7)c6)cc5-c5ccc(-c6cccc(-c7cccc(-c8ccccc8)c7)c6)cc5)cc4)c3)c2)cc1. The van der Waals surface area contributed by atoms with Gasteiger partial charge in [0.25, 0.3) is 0 Å². The summed E-state index contributed by atoms with van der Waals surface area (Å²) < 4.78 is 0. The zero-order valence-electron chi connectivity index (χ0n) is 80.8. The number of benzene rings is 24. The van der Waals surface area contributed by atoms with E-state index in [0.717, 1.165) is 45.1 Å². The molecule has 0 saturated heterocycles. The Morgan fingerprint density at radius 2 is 0.226 bits per heavy atom. The van der Waals surface area contributed by atoms with E-state index in [1.165, 1.54) is 195 Å². The monoisotopic (exact) mass is 1860 g/mol. The van der Waals surface area contributed by atoms with Crippen molar-refractivity contribution < 1.29 is 0 Å². The van der Waals surface area contributed by atoms with E-state index in [-0.39, 0.29) is 0 Å². The maximum absolute atomic E-state index is 3.83. The molecular formula is C144H102N2. The van der Waals surface area contributed by atoms with Gasteiger partial charge in [0.1, 0.15) is 0 Å². The van der Waals surface area contributed by atoms with Crippen LogP contribution in [0.1, 0.15) is 0 Å². The number of nitrogens with one attached hydrogen (secondary N) is 1. The maximum atomic E-state index is 3.83. The summed E-state index contributed by atoms with van der Waals surface area (Å²) >= 11 is 0. The second-order valence-corrected chi connectivity index (χ2v) is 37.2. The van der Waals surface area contributed by atoms with Crippen molar-refractivity contribution in [3.8, 4) is 211 Å². The van der Waals surface area contributed by atoms with Crippen LogP contribution in [0.5, 0.6) is 0 Å². The van der Waals surface area contributed by atoms with Crippen molar-refractivity contribution in [2.75, 3.05) is 10.2 Å². The topological polar surface area (TPSA) is 15.3 Å². The van der Waals surface area contributed by atoms with Gasteiger partial charge in [-0.05, 0) is 321 Å². The van der Waals surface area contributed by atoms with Crippen molar-refractivity contribution in [1.29, 1.82) is 0 Å². The summed E-state index contributed by atoms with van der Waals surface area (Å²) in [5, 5.41) is 3.83. The Kier molecular flexibility index (Phi) is 26.4. The minimum absolute atomic E-state index is 1.02. The fraction of sp³-hybridized carbons (Fsp3) is 0. The molecule has 0 fully saturated rings. The van der Waals surface area contributed by atoms with Crippen LogP contribution in [0.15, 0.2) is 613 Å². The van der Waals surface area contributed by atoms with Crippen LogP contribution in [0.4, 0.5) is 28.4 Å². The lowest BCUT2D eigenvalue weighted by Gasteiger charge is -2.26. The molecule has 24 rings (SSSR count). The van der Waals surface area contributed by atoms with Crippen LogP contribution in [0.2, 0.25) is 0 Å². The predicted molar refractivity (Wildman–Crippen MR) is 621 cm³/mol. The van der Waals surface area contributed by atoms with Crippen molar-refractivity contribution in [2.24, 2.45) is 0 Å². The second kappa shape index (κ2) is 42.5. The minimum atomic E-state index is 1.02. The molecule has 2 heteroatoms. The molecule has 0 spiro atoms. The van der Waals surface area contributed by atoms with Crippen molar-refractivity contribution in [3.05, 3.63) is 613 Å². The van der Waals surface area contributed by atoms with Gasteiger partial charge >= 0.3 is 0 Å². The first-order valence-corrected chi connectivity index (χ1v) is 50.1. The molecule has 0 radical (unpaired) electrons. The average Bonchev–Trinajstić information content (AvgIpc) is 0.785. The highest BCUT2D eigenvalue weighted by molar-refractivity contribution is 5.91. The summed E-state index contributed by atoms with van der Waals surface area (Å²) in [5.74, 6) is 0. The molecular weight excluding hydrogens is 1760 g/mol. The van der Waals surface area contributed by atoms with Crippen LogP contribution in [-0.2, 0) is 0 Å². The van der Waals surface area contributed by atoms with Gasteiger partial charge in [-0.3, -0.25) is 0 Å². The van der Waals surface area contributed by atoms with E-state index in [2.05, 4.69) is 623 Å². The molecule has 0 bridgehead atoms. The van der Waals surface area contributed by atoms with Gasteiger partial charge in [-0.25, -0.2) is 0 Å². The maximum Gasteiger partial charge on any atom is 0.0464 e. The Balaban J connectivity index is 0.000000161. The molecule has 1 N–H and O–H groups in total. The third-order valence-corrected chi connectivity index (χ3v) is 27.8. The van der Waals surface area contributed by atoms with Crippen molar-refractivity contribution in [2.45, 2.75) is 0 Å². The minimum Gasteiger partial charge on any atom is -0.355 e. The molecule has 0 heterocycles. The molecule has 146 heavy (non-hydrogen) atoms. The smallest absolute Gasteiger partial charge is 0.0464 e. The molecule has 24 aromatic rings. The van der Waals surface area contributed by atoms with Crippen LogP contribution in [-0.4, -0.2) is 0 Å². The normalized spacial score (nSPS) is 11.0. The molecule has 0 atom stereocenters. The van der Waals surface area contributed by atoms with E-state index < -0.39 is 0 Å². The Morgan fingerprint density at radius 3 is 0.425 bits per heavy atom. The quantitative estimate of drug-likeness (QED) is 0.0649. The molecule has 0 aromatic heterocycles. The van der Waals surface area contributed by atoms with Gasteiger partial charge < -0.3 is 10.2 Å². The molecule has 0 unspecified atom stereocenters. The Hall–Kier alpha value is -19.1. The van der Waals surface area contributed by atoms with Gasteiger partial charge in [0.05, 0.1) is 0 Å². The number of hydrogen-bond donors (Lipinski definition) is 1. The molecule has 0 amide bonds. The molecule has 0 aliphatic rings. The zero-order chi connectivity index (χ0) is 97.5. The van der Waals surface area contributed by atoms with Crippen LogP contribution in [0, 0.1) is 0 Å². The molecule has 0 saturated carbocycles. The van der Waals surface area contributed by atoms with Gasteiger partial charge in [0, 0.05) is 34.0 Å². The molecule has 2 nitrogen and oxygen atoms in total. The highest BCUT2D eigenvalue weighted by Gasteiger charge is 2.20. The van der Waals surface area contributed by atoms with Crippen LogP contribution in [0.3, 0.4) is 0 Å². The lowest BCUT2D eigenvalue weighted by Crippen LogP contribution is -2.09. The van der Waals surface area contributed by atoms with E-state index >= 15 is 0 Å². The standard InChI is InChI=1S/2C72H51N/c1-4-16-51(17-5-1)57-22-10-27-62(44-57)65-30-13-25-60(47-65)54-34-36-56(37-35-54)71-50-69(68-33-15-32-67(49-68)64-29-12-24-59(46-64)53-20-8-3-9-21-53)40-43-72(71)73-70-41-38-55(39-42-70)61-26-14-31-66(48-61)63-28-11-23-58(45-63)52-18-6-2-7-19-52;1-4-13-52(14-5-1)55-25-31-58(32-26-55)64-19-10-22-67(49-64)61-37-43-70(44-38-61)73(71-45-39-62(40-46-71)68-23-11-20-65(50-68)59-33-27-56(28-34-59)53-15-6-2-7-16-53)72-47-41-63(42-48-72)69-24-12-21-66(51-69)60-35-29-57(30-36-60)54-17-8-3-9-18-54/h1-50,73H;1-51H. The van der Waals surface area contributed by atoms with Gasteiger partial charge in [0.15, 0.2) is 0 Å². The summed E-state index contributed by atoms with van der Waals surface area (Å²) in [6, 6.07) is 221. The van der Waals surface area contributed by atoms with Crippen molar-refractivity contribution in [3.63, 3.8) is 0 Å². The largest absolute Gasteiger partial charge is 0.355 e. The first kappa shape index (κ1) is 90.7. The Morgan fingerprint density at radius 1 is 0.0959 bits per heavy atom. The fourth-order valence-electron chi connectivity index (χ4n) is 19.9. The van der Waals surface area contributed by atoms with E-state index in [1.54, 1.807) is 0 Å². The van der Waals surface area contributed by atoms with Gasteiger partial charge in [-0.2, -0.15) is 0 Å². The van der Waals surface area contributed by atoms with Crippen LogP contribution >= 0.6 is 0 Å². The summed E-state index contributed by atoms with van der Waals surface area (Å²) in [5.41, 5.74) is 50.6. The number of anilines is 5. The molecule has 0 aliphatic heterocycles. The van der Waals surface area contributed by atoms with Crippen LogP contribution in [0.25, 0.3) is 211 Å². The van der Waals surface area contributed by atoms with Crippen molar-refractivity contribution in [1.82, 2.24) is 0 Å². The lowest BCUT2D eigenvalue weighted by molar-refractivity contribution is 1.28. The predicted octanol–water partition coefficient (Wildman–Crippen LogP) is 40.3. The average molecular weight is 1860 g/mol. The highest BCUT2D eigenvalue weighted by atomic mass is 15.1. The lowest BCUT2D eigenvalue weighted by atomic mass is 9.93. The summed E-state index contributed by atoms with van der Waals surface area (Å²) in [6.07, 6.45) is 0. The first-order valence-electron chi connectivity index (χ1n) is 50.1. The van der Waals surface area contributed by atoms with E-state index in [0.29, 0.717) is 0 Å². The Labute approximate surface area is 856 Å². The number of hydrogen-bond acceptors (Lipinski definition) is 2. The van der Waals surface area contributed by atoms with E-state index in [9.17, 15) is 0 Å². The van der Waals surface area contributed by atoms with E-state index in [4.69, 9.17) is 0 Å². The zero-order valence-corrected chi connectivity index (χ0v) is 80.8. The molecule has 24 aromatic carbocycles.